The van der Waals surface area contributed by atoms with Gasteiger partial charge in [0.25, 0.3) is 0 Å². The predicted octanol–water partition coefficient (Wildman–Crippen LogP) is 4.79. The maximum absolute atomic E-state index is 12.2. The molecule has 1 aromatic heterocycles. The van der Waals surface area contributed by atoms with Crippen LogP contribution in [0.1, 0.15) is 5.69 Å². The standard InChI is InChI=1S/C18H17N3OS2/c1-23-16-9-5-8-14(10-16)19-17(22)11-15-12-24-18(21-15)20-13-6-3-2-4-7-13/h2-10,12H,11H2,1H3,(H,19,22)(H,20,21). The fraction of sp³-hybridized carbons (Fsp3) is 0.111. The van der Waals surface area contributed by atoms with E-state index in [1.807, 2.05) is 66.2 Å². The van der Waals surface area contributed by atoms with Crippen molar-refractivity contribution in [2.75, 3.05) is 16.9 Å². The van der Waals surface area contributed by atoms with E-state index in [9.17, 15) is 4.79 Å². The number of nitrogens with zero attached hydrogens (tertiary/aromatic N) is 1. The molecule has 0 aliphatic rings. The van der Waals surface area contributed by atoms with E-state index in [-0.39, 0.29) is 12.3 Å². The number of aromatic nitrogens is 1. The van der Waals surface area contributed by atoms with Crippen LogP contribution in [0.2, 0.25) is 0 Å². The minimum Gasteiger partial charge on any atom is -0.332 e. The van der Waals surface area contributed by atoms with Crippen molar-refractivity contribution in [3.63, 3.8) is 0 Å². The third kappa shape index (κ3) is 4.59. The van der Waals surface area contributed by atoms with Crippen molar-refractivity contribution in [1.29, 1.82) is 0 Å². The number of anilines is 3. The van der Waals surface area contributed by atoms with Gasteiger partial charge < -0.3 is 10.6 Å². The highest BCUT2D eigenvalue weighted by Crippen LogP contribution is 2.22. The van der Waals surface area contributed by atoms with Crippen molar-refractivity contribution in [2.24, 2.45) is 0 Å². The van der Waals surface area contributed by atoms with Gasteiger partial charge in [-0.15, -0.1) is 23.1 Å². The highest BCUT2D eigenvalue weighted by Gasteiger charge is 2.08. The average molecular weight is 355 g/mol. The zero-order chi connectivity index (χ0) is 16.8. The number of amides is 1. The van der Waals surface area contributed by atoms with E-state index in [0.29, 0.717) is 0 Å². The summed E-state index contributed by atoms with van der Waals surface area (Å²) in [7, 11) is 0. The molecule has 1 amide bonds. The summed E-state index contributed by atoms with van der Waals surface area (Å²) >= 11 is 3.14. The van der Waals surface area contributed by atoms with Gasteiger partial charge in [0.05, 0.1) is 12.1 Å². The molecular weight excluding hydrogens is 338 g/mol. The summed E-state index contributed by atoms with van der Waals surface area (Å²) < 4.78 is 0. The molecule has 3 rings (SSSR count). The Kier molecular flexibility index (Phi) is 5.51. The molecule has 0 bridgehead atoms. The number of carbonyl (C=O) groups excluding carboxylic acids is 1. The predicted molar refractivity (Wildman–Crippen MR) is 102 cm³/mol. The lowest BCUT2D eigenvalue weighted by Gasteiger charge is -2.05. The molecular formula is C18H17N3OS2. The molecule has 0 radical (unpaired) electrons. The second-order valence-corrected chi connectivity index (χ2v) is 6.83. The lowest BCUT2D eigenvalue weighted by Crippen LogP contribution is -2.14. The highest BCUT2D eigenvalue weighted by molar-refractivity contribution is 7.98. The monoisotopic (exact) mass is 355 g/mol. The molecule has 0 atom stereocenters. The van der Waals surface area contributed by atoms with Crippen molar-refractivity contribution >= 4 is 45.5 Å². The topological polar surface area (TPSA) is 54.0 Å². The van der Waals surface area contributed by atoms with Crippen LogP contribution in [0, 0.1) is 0 Å². The first-order valence-corrected chi connectivity index (χ1v) is 9.54. The SMILES string of the molecule is CSc1cccc(NC(=O)Cc2csc(Nc3ccccc3)n2)c1. The number of hydrogen-bond donors (Lipinski definition) is 2. The van der Waals surface area contributed by atoms with Crippen LogP contribution in [0.3, 0.4) is 0 Å². The zero-order valence-corrected chi connectivity index (χ0v) is 14.8. The lowest BCUT2D eigenvalue weighted by molar-refractivity contribution is -0.115. The zero-order valence-electron chi connectivity index (χ0n) is 13.2. The minimum atomic E-state index is -0.0650. The smallest absolute Gasteiger partial charge is 0.230 e. The Bertz CT molecular complexity index is 818. The third-order valence-corrected chi connectivity index (χ3v) is 4.80. The van der Waals surface area contributed by atoms with E-state index in [0.717, 1.165) is 27.1 Å². The van der Waals surface area contributed by atoms with Crippen LogP contribution in [0.5, 0.6) is 0 Å². The van der Waals surface area contributed by atoms with Crippen LogP contribution in [-0.4, -0.2) is 17.1 Å². The Balaban J connectivity index is 1.58. The van der Waals surface area contributed by atoms with Gasteiger partial charge in [-0.25, -0.2) is 4.98 Å². The Morgan fingerprint density at radius 1 is 1.12 bits per heavy atom. The number of thiazole rings is 1. The number of benzene rings is 2. The van der Waals surface area contributed by atoms with Gasteiger partial charge in [0.1, 0.15) is 0 Å². The van der Waals surface area contributed by atoms with Crippen molar-refractivity contribution < 1.29 is 4.79 Å². The van der Waals surface area contributed by atoms with E-state index in [4.69, 9.17) is 0 Å². The van der Waals surface area contributed by atoms with Gasteiger partial charge in [0.15, 0.2) is 5.13 Å². The quantitative estimate of drug-likeness (QED) is 0.624. The molecule has 0 unspecified atom stereocenters. The summed E-state index contributed by atoms with van der Waals surface area (Å²) in [4.78, 5) is 17.8. The Morgan fingerprint density at radius 2 is 1.92 bits per heavy atom. The number of para-hydroxylation sites is 1. The summed E-state index contributed by atoms with van der Waals surface area (Å²) in [5, 5.41) is 8.84. The molecule has 0 fully saturated rings. The molecule has 0 saturated heterocycles. The fourth-order valence-electron chi connectivity index (χ4n) is 2.16. The molecule has 0 aliphatic heterocycles. The number of nitrogens with one attached hydrogen (secondary N) is 2. The molecule has 6 heteroatoms. The summed E-state index contributed by atoms with van der Waals surface area (Å²) in [5.74, 6) is -0.0650. The van der Waals surface area contributed by atoms with Gasteiger partial charge in [0, 0.05) is 21.7 Å². The summed E-state index contributed by atoms with van der Waals surface area (Å²) in [6.45, 7) is 0. The van der Waals surface area contributed by atoms with E-state index in [1.165, 1.54) is 11.3 Å². The average Bonchev–Trinajstić information content (AvgIpc) is 3.02. The van der Waals surface area contributed by atoms with Crippen LogP contribution in [0.25, 0.3) is 0 Å². The molecule has 2 aromatic carbocycles. The summed E-state index contributed by atoms with van der Waals surface area (Å²) in [5.41, 5.74) is 2.55. The Morgan fingerprint density at radius 3 is 2.71 bits per heavy atom. The first-order valence-electron chi connectivity index (χ1n) is 7.43. The molecule has 1 heterocycles. The second kappa shape index (κ2) is 7.99. The van der Waals surface area contributed by atoms with E-state index < -0.39 is 0 Å². The summed E-state index contributed by atoms with van der Waals surface area (Å²) in [6.07, 6.45) is 2.27. The fourth-order valence-corrected chi connectivity index (χ4v) is 3.35. The maximum atomic E-state index is 12.2. The van der Waals surface area contributed by atoms with Crippen LogP contribution in [0.15, 0.2) is 64.9 Å². The van der Waals surface area contributed by atoms with Gasteiger partial charge in [-0.2, -0.15) is 0 Å². The van der Waals surface area contributed by atoms with Crippen molar-refractivity contribution in [3.8, 4) is 0 Å². The third-order valence-electron chi connectivity index (χ3n) is 3.27. The van der Waals surface area contributed by atoms with Crippen LogP contribution in [-0.2, 0) is 11.2 Å². The molecule has 0 saturated carbocycles. The first-order chi connectivity index (χ1) is 11.7. The van der Waals surface area contributed by atoms with Gasteiger partial charge in [-0.3, -0.25) is 4.79 Å². The molecule has 4 nitrogen and oxygen atoms in total. The second-order valence-electron chi connectivity index (χ2n) is 5.09. The number of thioether (sulfide) groups is 1. The van der Waals surface area contributed by atoms with Gasteiger partial charge in [0.2, 0.25) is 5.91 Å². The molecule has 2 N–H and O–H groups in total. The van der Waals surface area contributed by atoms with Crippen molar-refractivity contribution in [3.05, 3.63) is 65.7 Å². The molecule has 24 heavy (non-hydrogen) atoms. The largest absolute Gasteiger partial charge is 0.332 e. The molecule has 122 valence electrons. The number of carbonyl (C=O) groups is 1. The number of rotatable bonds is 6. The van der Waals surface area contributed by atoms with Crippen molar-refractivity contribution in [1.82, 2.24) is 4.98 Å². The highest BCUT2D eigenvalue weighted by atomic mass is 32.2. The van der Waals surface area contributed by atoms with Gasteiger partial charge in [-0.1, -0.05) is 24.3 Å². The Hall–Kier alpha value is -2.31. The molecule has 0 spiro atoms. The van der Waals surface area contributed by atoms with E-state index in [1.54, 1.807) is 11.8 Å². The molecule has 0 aliphatic carbocycles. The van der Waals surface area contributed by atoms with E-state index in [2.05, 4.69) is 15.6 Å². The van der Waals surface area contributed by atoms with Crippen LogP contribution < -0.4 is 10.6 Å². The van der Waals surface area contributed by atoms with Gasteiger partial charge >= 0.3 is 0 Å². The molecule has 3 aromatic rings. The first kappa shape index (κ1) is 16.5. The van der Waals surface area contributed by atoms with Crippen molar-refractivity contribution in [2.45, 2.75) is 11.3 Å². The van der Waals surface area contributed by atoms with Crippen LogP contribution in [0.4, 0.5) is 16.5 Å². The summed E-state index contributed by atoms with van der Waals surface area (Å²) in [6, 6.07) is 17.7. The van der Waals surface area contributed by atoms with Crippen LogP contribution >= 0.6 is 23.1 Å². The number of hydrogen-bond acceptors (Lipinski definition) is 5. The Labute approximate surface area is 149 Å². The van der Waals surface area contributed by atoms with E-state index >= 15 is 0 Å². The lowest BCUT2D eigenvalue weighted by atomic mass is 10.3. The minimum absolute atomic E-state index is 0.0650. The maximum Gasteiger partial charge on any atom is 0.230 e. The van der Waals surface area contributed by atoms with Gasteiger partial charge in [-0.05, 0) is 36.6 Å². The normalized spacial score (nSPS) is 10.4.